The minimum Gasteiger partial charge on any atom is -0.464 e. The molecule has 0 radical (unpaired) electrons. The molecule has 1 aromatic rings. The molecule has 1 aliphatic rings. The Bertz CT molecular complexity index is 554. The summed E-state index contributed by atoms with van der Waals surface area (Å²) in [5.74, 6) is -0.484. The Kier molecular flexibility index (Phi) is 4.21. The standard InChI is InChI=1S/C16H22N2O3/c1-5-12(14(19)21-6-2)18-13-10-8-7-9-11(13)17-16(3,4)15(18)20/h7-10,12,17H,5-6H2,1-4H3. The molecule has 0 aromatic heterocycles. The molecule has 0 saturated carbocycles. The van der Waals surface area contributed by atoms with E-state index in [2.05, 4.69) is 5.32 Å². The maximum Gasteiger partial charge on any atom is 0.329 e. The number of esters is 1. The van der Waals surface area contributed by atoms with Gasteiger partial charge in [0.25, 0.3) is 5.91 Å². The van der Waals surface area contributed by atoms with Crippen LogP contribution in [-0.4, -0.2) is 30.1 Å². The van der Waals surface area contributed by atoms with E-state index >= 15 is 0 Å². The molecule has 114 valence electrons. The summed E-state index contributed by atoms with van der Waals surface area (Å²) in [6, 6.07) is 6.92. The summed E-state index contributed by atoms with van der Waals surface area (Å²) < 4.78 is 5.13. The number of hydrogen-bond acceptors (Lipinski definition) is 4. The second-order valence-electron chi connectivity index (χ2n) is 5.62. The number of anilines is 2. The van der Waals surface area contributed by atoms with Crippen LogP contribution in [0, 0.1) is 0 Å². The molecular weight excluding hydrogens is 268 g/mol. The van der Waals surface area contributed by atoms with Gasteiger partial charge in [-0.15, -0.1) is 0 Å². The van der Waals surface area contributed by atoms with Crippen molar-refractivity contribution < 1.29 is 14.3 Å². The molecular formula is C16H22N2O3. The van der Waals surface area contributed by atoms with Gasteiger partial charge in [0.15, 0.2) is 0 Å². The molecule has 0 aliphatic carbocycles. The van der Waals surface area contributed by atoms with Crippen LogP contribution in [0.25, 0.3) is 0 Å². The second kappa shape index (κ2) is 5.76. The van der Waals surface area contributed by atoms with Gasteiger partial charge in [0.05, 0.1) is 18.0 Å². The van der Waals surface area contributed by atoms with Crippen LogP contribution in [0.3, 0.4) is 0 Å². The molecule has 0 bridgehead atoms. The van der Waals surface area contributed by atoms with Crippen LogP contribution in [0.1, 0.15) is 34.1 Å². The Morgan fingerprint density at radius 1 is 1.33 bits per heavy atom. The van der Waals surface area contributed by atoms with E-state index in [1.54, 1.807) is 11.8 Å². The van der Waals surface area contributed by atoms with E-state index in [-0.39, 0.29) is 11.9 Å². The van der Waals surface area contributed by atoms with Crippen molar-refractivity contribution in [2.75, 3.05) is 16.8 Å². The molecule has 1 aliphatic heterocycles. The van der Waals surface area contributed by atoms with Crippen LogP contribution >= 0.6 is 0 Å². The molecule has 1 aromatic carbocycles. The number of nitrogens with zero attached hydrogens (tertiary/aromatic N) is 1. The average Bonchev–Trinajstić information content (AvgIpc) is 2.43. The lowest BCUT2D eigenvalue weighted by Gasteiger charge is -2.42. The third-order valence-electron chi connectivity index (χ3n) is 3.62. The first-order chi connectivity index (χ1) is 9.92. The largest absolute Gasteiger partial charge is 0.464 e. The first kappa shape index (κ1) is 15.4. The van der Waals surface area contributed by atoms with Crippen molar-refractivity contribution in [3.8, 4) is 0 Å². The lowest BCUT2D eigenvalue weighted by molar-refractivity contribution is -0.146. The minimum atomic E-state index is -0.756. The molecule has 5 nitrogen and oxygen atoms in total. The van der Waals surface area contributed by atoms with Crippen molar-refractivity contribution >= 4 is 23.3 Å². The molecule has 1 amide bonds. The number of ether oxygens (including phenoxy) is 1. The average molecular weight is 290 g/mol. The molecule has 1 unspecified atom stereocenters. The number of para-hydroxylation sites is 2. The van der Waals surface area contributed by atoms with Crippen molar-refractivity contribution in [2.45, 2.75) is 45.7 Å². The van der Waals surface area contributed by atoms with Crippen molar-refractivity contribution in [1.82, 2.24) is 0 Å². The van der Waals surface area contributed by atoms with Crippen LogP contribution in [-0.2, 0) is 14.3 Å². The number of carbonyl (C=O) groups is 2. The quantitative estimate of drug-likeness (QED) is 0.866. The molecule has 0 fully saturated rings. The summed E-state index contributed by atoms with van der Waals surface area (Å²) in [5, 5.41) is 3.22. The summed E-state index contributed by atoms with van der Waals surface area (Å²) in [6.07, 6.45) is 0.509. The smallest absolute Gasteiger partial charge is 0.329 e. The van der Waals surface area contributed by atoms with Crippen LogP contribution in [0.2, 0.25) is 0 Å². The number of amides is 1. The van der Waals surface area contributed by atoms with E-state index in [0.29, 0.717) is 13.0 Å². The Morgan fingerprint density at radius 3 is 2.62 bits per heavy atom. The number of fused-ring (bicyclic) bond motifs is 1. The fourth-order valence-corrected chi connectivity index (χ4v) is 2.59. The van der Waals surface area contributed by atoms with Gasteiger partial charge in [0, 0.05) is 0 Å². The summed E-state index contributed by atoms with van der Waals surface area (Å²) in [6.45, 7) is 7.58. The van der Waals surface area contributed by atoms with Crippen molar-refractivity contribution in [1.29, 1.82) is 0 Å². The lowest BCUT2D eigenvalue weighted by atomic mass is 9.96. The van der Waals surface area contributed by atoms with Gasteiger partial charge >= 0.3 is 5.97 Å². The molecule has 2 rings (SSSR count). The van der Waals surface area contributed by atoms with E-state index in [0.717, 1.165) is 11.4 Å². The van der Waals surface area contributed by atoms with Crippen molar-refractivity contribution in [2.24, 2.45) is 0 Å². The molecule has 1 atom stereocenters. The highest BCUT2D eigenvalue weighted by Crippen LogP contribution is 2.37. The SMILES string of the molecule is CCOC(=O)C(CC)N1C(=O)C(C)(C)Nc2ccccc21. The Labute approximate surface area is 125 Å². The lowest BCUT2D eigenvalue weighted by Crippen LogP contribution is -2.59. The molecule has 21 heavy (non-hydrogen) atoms. The first-order valence-corrected chi connectivity index (χ1v) is 7.29. The highest BCUT2D eigenvalue weighted by Gasteiger charge is 2.43. The van der Waals surface area contributed by atoms with Gasteiger partial charge < -0.3 is 10.1 Å². The number of hydrogen-bond donors (Lipinski definition) is 1. The molecule has 0 spiro atoms. The predicted molar refractivity (Wildman–Crippen MR) is 82.3 cm³/mol. The van der Waals surface area contributed by atoms with Gasteiger partial charge in [0.2, 0.25) is 0 Å². The fraction of sp³-hybridized carbons (Fsp3) is 0.500. The summed E-state index contributed by atoms with van der Waals surface area (Å²) >= 11 is 0. The zero-order valence-corrected chi connectivity index (χ0v) is 13.0. The monoisotopic (exact) mass is 290 g/mol. The van der Waals surface area contributed by atoms with Crippen LogP contribution in [0.5, 0.6) is 0 Å². The van der Waals surface area contributed by atoms with E-state index in [9.17, 15) is 9.59 Å². The summed E-state index contributed by atoms with van der Waals surface area (Å²) in [5.41, 5.74) is 0.820. The van der Waals surface area contributed by atoms with Gasteiger partial charge in [-0.25, -0.2) is 4.79 Å². The molecule has 0 saturated heterocycles. The zero-order valence-electron chi connectivity index (χ0n) is 13.0. The van der Waals surface area contributed by atoms with Crippen LogP contribution < -0.4 is 10.2 Å². The van der Waals surface area contributed by atoms with Crippen LogP contribution in [0.15, 0.2) is 24.3 Å². The van der Waals surface area contributed by atoms with Gasteiger partial charge in [-0.05, 0) is 39.3 Å². The van der Waals surface area contributed by atoms with E-state index < -0.39 is 11.6 Å². The van der Waals surface area contributed by atoms with E-state index in [1.165, 1.54) is 0 Å². The Hall–Kier alpha value is -2.04. The van der Waals surface area contributed by atoms with Gasteiger partial charge in [-0.2, -0.15) is 0 Å². The fourth-order valence-electron chi connectivity index (χ4n) is 2.59. The maximum atomic E-state index is 12.8. The van der Waals surface area contributed by atoms with Crippen molar-refractivity contribution in [3.63, 3.8) is 0 Å². The second-order valence-corrected chi connectivity index (χ2v) is 5.62. The number of rotatable bonds is 4. The molecule has 1 N–H and O–H groups in total. The van der Waals surface area contributed by atoms with E-state index in [4.69, 9.17) is 4.74 Å². The van der Waals surface area contributed by atoms with Crippen molar-refractivity contribution in [3.05, 3.63) is 24.3 Å². The third kappa shape index (κ3) is 2.73. The zero-order chi connectivity index (χ0) is 15.6. The molecule has 1 heterocycles. The minimum absolute atomic E-state index is 0.124. The third-order valence-corrected chi connectivity index (χ3v) is 3.62. The van der Waals surface area contributed by atoms with Gasteiger partial charge in [-0.1, -0.05) is 19.1 Å². The number of carbonyl (C=O) groups excluding carboxylic acids is 2. The Balaban J connectivity index is 2.48. The van der Waals surface area contributed by atoms with E-state index in [1.807, 2.05) is 45.0 Å². The molecule has 5 heteroatoms. The van der Waals surface area contributed by atoms with Gasteiger partial charge in [-0.3, -0.25) is 9.69 Å². The summed E-state index contributed by atoms with van der Waals surface area (Å²) in [7, 11) is 0. The summed E-state index contributed by atoms with van der Waals surface area (Å²) in [4.78, 5) is 26.6. The van der Waals surface area contributed by atoms with Crippen LogP contribution in [0.4, 0.5) is 11.4 Å². The predicted octanol–water partition coefficient (Wildman–Crippen LogP) is 2.57. The first-order valence-electron chi connectivity index (χ1n) is 7.29. The normalized spacial score (nSPS) is 17.7. The highest BCUT2D eigenvalue weighted by atomic mass is 16.5. The number of benzene rings is 1. The number of nitrogens with one attached hydrogen (secondary N) is 1. The Morgan fingerprint density at radius 2 is 2.00 bits per heavy atom. The highest BCUT2D eigenvalue weighted by molar-refractivity contribution is 6.10. The topological polar surface area (TPSA) is 58.6 Å². The van der Waals surface area contributed by atoms with Gasteiger partial charge in [0.1, 0.15) is 11.6 Å². The maximum absolute atomic E-state index is 12.8.